The largest absolute Gasteiger partial charge is 0.359 e. The predicted molar refractivity (Wildman–Crippen MR) is 73.2 cm³/mol. The summed E-state index contributed by atoms with van der Waals surface area (Å²) in [7, 11) is 0. The smallest absolute Gasteiger partial charge is 0.184 e. The van der Waals surface area contributed by atoms with Crippen molar-refractivity contribution in [1.82, 2.24) is 10.1 Å². The molecule has 3 aromatic rings. The summed E-state index contributed by atoms with van der Waals surface area (Å²) in [6.07, 6.45) is 0. The van der Waals surface area contributed by atoms with Crippen LogP contribution in [-0.4, -0.2) is 10.1 Å². The molecule has 3 rings (SSSR count). The summed E-state index contributed by atoms with van der Waals surface area (Å²) in [4.78, 5) is 4.46. The molecule has 4 nitrogen and oxygen atoms in total. The average molecular weight is 280 g/mol. The van der Waals surface area contributed by atoms with Crippen LogP contribution in [0, 0.1) is 6.92 Å². The Morgan fingerprint density at radius 2 is 2.33 bits per heavy atom. The van der Waals surface area contributed by atoms with Crippen molar-refractivity contribution in [2.24, 2.45) is 0 Å². The number of aryl methyl sites for hydroxylation is 1. The Bertz CT molecular complexity index is 692. The monoisotopic (exact) mass is 279 g/mol. The maximum atomic E-state index is 6.10. The molecule has 0 spiro atoms. The van der Waals surface area contributed by atoms with Crippen molar-refractivity contribution in [3.05, 3.63) is 40.7 Å². The van der Waals surface area contributed by atoms with E-state index in [1.165, 1.54) is 11.3 Å². The van der Waals surface area contributed by atoms with Crippen LogP contribution >= 0.6 is 22.9 Å². The van der Waals surface area contributed by atoms with Crippen LogP contribution < -0.4 is 5.32 Å². The molecule has 18 heavy (non-hydrogen) atoms. The van der Waals surface area contributed by atoms with E-state index in [9.17, 15) is 0 Å². The summed E-state index contributed by atoms with van der Waals surface area (Å²) in [6, 6.07) is 7.61. The van der Waals surface area contributed by atoms with Crippen LogP contribution in [0.25, 0.3) is 10.2 Å². The number of benzene rings is 1. The molecule has 0 aliphatic rings. The zero-order valence-corrected chi connectivity index (χ0v) is 11.2. The first-order chi connectivity index (χ1) is 8.72. The van der Waals surface area contributed by atoms with Crippen LogP contribution in [-0.2, 0) is 6.54 Å². The summed E-state index contributed by atoms with van der Waals surface area (Å²) in [5.41, 5.74) is 1.78. The molecule has 0 fully saturated rings. The minimum absolute atomic E-state index is 0.568. The summed E-state index contributed by atoms with van der Waals surface area (Å²) in [5.74, 6) is 0.790. The molecule has 0 radical (unpaired) electrons. The van der Waals surface area contributed by atoms with Gasteiger partial charge in [0.2, 0.25) is 0 Å². The molecule has 0 bridgehead atoms. The van der Waals surface area contributed by atoms with Crippen molar-refractivity contribution in [1.29, 1.82) is 0 Å². The molecule has 1 aromatic carbocycles. The van der Waals surface area contributed by atoms with Crippen LogP contribution in [0.5, 0.6) is 0 Å². The molecule has 0 saturated heterocycles. The zero-order valence-electron chi connectivity index (χ0n) is 9.61. The highest BCUT2D eigenvalue weighted by molar-refractivity contribution is 7.22. The lowest BCUT2D eigenvalue weighted by Crippen LogP contribution is -1.96. The van der Waals surface area contributed by atoms with Crippen LogP contribution in [0.4, 0.5) is 5.13 Å². The normalized spacial score (nSPS) is 11.0. The molecular weight excluding hydrogens is 270 g/mol. The summed E-state index contributed by atoms with van der Waals surface area (Å²) in [6.45, 7) is 2.46. The summed E-state index contributed by atoms with van der Waals surface area (Å²) >= 11 is 7.64. The van der Waals surface area contributed by atoms with Gasteiger partial charge in [0, 0.05) is 6.07 Å². The van der Waals surface area contributed by atoms with Crippen molar-refractivity contribution in [3.8, 4) is 0 Å². The van der Waals surface area contributed by atoms with E-state index in [-0.39, 0.29) is 0 Å². The molecule has 2 aromatic heterocycles. The van der Waals surface area contributed by atoms with Gasteiger partial charge in [-0.3, -0.25) is 0 Å². The lowest BCUT2D eigenvalue weighted by Gasteiger charge is -1.96. The molecule has 0 saturated carbocycles. The number of nitrogens with one attached hydrogen (secondary N) is 1. The highest BCUT2D eigenvalue weighted by Gasteiger charge is 2.07. The van der Waals surface area contributed by atoms with Gasteiger partial charge in [0.15, 0.2) is 10.9 Å². The molecule has 0 amide bonds. The first-order valence-corrected chi connectivity index (χ1v) is 6.63. The van der Waals surface area contributed by atoms with E-state index in [0.29, 0.717) is 6.54 Å². The fourth-order valence-electron chi connectivity index (χ4n) is 1.65. The van der Waals surface area contributed by atoms with E-state index >= 15 is 0 Å². The van der Waals surface area contributed by atoms with Crippen LogP contribution in [0.1, 0.15) is 11.5 Å². The molecule has 0 aliphatic carbocycles. The first-order valence-electron chi connectivity index (χ1n) is 5.43. The van der Waals surface area contributed by atoms with Crippen molar-refractivity contribution < 1.29 is 4.52 Å². The van der Waals surface area contributed by atoms with Gasteiger partial charge in [-0.2, -0.15) is 0 Å². The Kier molecular flexibility index (Phi) is 2.93. The van der Waals surface area contributed by atoms with E-state index < -0.39 is 0 Å². The average Bonchev–Trinajstić information content (AvgIpc) is 2.93. The van der Waals surface area contributed by atoms with Gasteiger partial charge in [-0.05, 0) is 19.1 Å². The molecular formula is C12H10ClN3OS. The molecule has 0 atom stereocenters. The third-order valence-electron chi connectivity index (χ3n) is 2.46. The van der Waals surface area contributed by atoms with E-state index in [2.05, 4.69) is 15.5 Å². The van der Waals surface area contributed by atoms with E-state index in [0.717, 1.165) is 31.8 Å². The molecule has 2 heterocycles. The minimum atomic E-state index is 0.568. The van der Waals surface area contributed by atoms with Gasteiger partial charge in [0.05, 0.1) is 27.5 Å². The van der Waals surface area contributed by atoms with Crippen LogP contribution in [0.3, 0.4) is 0 Å². The number of hydrogen-bond donors (Lipinski definition) is 1. The number of anilines is 1. The Morgan fingerprint density at radius 3 is 3.06 bits per heavy atom. The van der Waals surface area contributed by atoms with Gasteiger partial charge in [-0.1, -0.05) is 34.2 Å². The van der Waals surface area contributed by atoms with Crippen molar-refractivity contribution in [2.45, 2.75) is 13.5 Å². The molecule has 0 unspecified atom stereocenters. The molecule has 6 heteroatoms. The lowest BCUT2D eigenvalue weighted by atomic mass is 10.3. The van der Waals surface area contributed by atoms with E-state index in [4.69, 9.17) is 16.1 Å². The topological polar surface area (TPSA) is 51.0 Å². The van der Waals surface area contributed by atoms with Gasteiger partial charge in [0.25, 0.3) is 0 Å². The van der Waals surface area contributed by atoms with Gasteiger partial charge < -0.3 is 9.84 Å². The summed E-state index contributed by atoms with van der Waals surface area (Å²) < 4.78 is 6.12. The number of thiazole rings is 1. The number of halogens is 1. The van der Waals surface area contributed by atoms with Gasteiger partial charge in [-0.25, -0.2) is 4.98 Å². The first kappa shape index (κ1) is 11.5. The second-order valence-corrected chi connectivity index (χ2v) is 5.30. The summed E-state index contributed by atoms with van der Waals surface area (Å²) in [5, 5.41) is 8.59. The maximum absolute atomic E-state index is 6.10. The van der Waals surface area contributed by atoms with Crippen LogP contribution in [0.2, 0.25) is 5.02 Å². The number of rotatable bonds is 3. The van der Waals surface area contributed by atoms with Crippen molar-refractivity contribution in [2.75, 3.05) is 5.32 Å². The second kappa shape index (κ2) is 4.59. The lowest BCUT2D eigenvalue weighted by molar-refractivity contribution is 0.384. The van der Waals surface area contributed by atoms with Crippen molar-refractivity contribution >= 4 is 38.3 Å². The minimum Gasteiger partial charge on any atom is -0.359 e. The van der Waals surface area contributed by atoms with E-state index in [1.54, 1.807) is 0 Å². The van der Waals surface area contributed by atoms with E-state index in [1.807, 2.05) is 31.2 Å². The van der Waals surface area contributed by atoms with Crippen molar-refractivity contribution in [3.63, 3.8) is 0 Å². The number of fused-ring (bicyclic) bond motifs is 1. The van der Waals surface area contributed by atoms with Gasteiger partial charge in [-0.15, -0.1) is 0 Å². The third-order valence-corrected chi connectivity index (χ3v) is 3.95. The molecule has 0 aliphatic heterocycles. The Morgan fingerprint density at radius 1 is 1.44 bits per heavy atom. The zero-order chi connectivity index (χ0) is 12.5. The standard InChI is InChI=1S/C12H10ClN3OS/c1-7-5-8(17-16-7)6-14-12-15-10-4-2-3-9(13)11(10)18-12/h2-5H,6H2,1H3,(H,14,15). The Balaban J connectivity index is 1.81. The van der Waals surface area contributed by atoms with Gasteiger partial charge >= 0.3 is 0 Å². The Hall–Kier alpha value is -1.59. The van der Waals surface area contributed by atoms with Crippen LogP contribution in [0.15, 0.2) is 28.8 Å². The quantitative estimate of drug-likeness (QED) is 0.791. The molecule has 92 valence electrons. The Labute approximate surface area is 113 Å². The fourth-order valence-corrected chi connectivity index (χ4v) is 2.80. The van der Waals surface area contributed by atoms with Gasteiger partial charge in [0.1, 0.15) is 0 Å². The third kappa shape index (κ3) is 2.19. The fraction of sp³-hybridized carbons (Fsp3) is 0.167. The number of nitrogens with zero attached hydrogens (tertiary/aromatic N) is 2. The highest BCUT2D eigenvalue weighted by atomic mass is 35.5. The number of aromatic nitrogens is 2. The highest BCUT2D eigenvalue weighted by Crippen LogP contribution is 2.31. The maximum Gasteiger partial charge on any atom is 0.184 e. The predicted octanol–water partition coefficient (Wildman–Crippen LogP) is 3.86. The number of hydrogen-bond acceptors (Lipinski definition) is 5. The molecule has 1 N–H and O–H groups in total. The SMILES string of the molecule is Cc1cc(CNc2nc3cccc(Cl)c3s2)on1. The second-order valence-electron chi connectivity index (χ2n) is 3.90.